The molecule has 0 fully saturated rings. The van der Waals surface area contributed by atoms with Crippen LogP contribution in [0.5, 0.6) is 0 Å². The molecule has 15 heavy (non-hydrogen) atoms. The molecule has 3 heteroatoms. The molecule has 0 saturated carbocycles. The molecular weight excluding hydrogens is 208 g/mol. The fourth-order valence-electron chi connectivity index (χ4n) is 1.81. The van der Waals surface area contributed by atoms with E-state index in [-0.39, 0.29) is 0 Å². The number of hydrogen-bond donors (Lipinski definition) is 1. The predicted octanol–water partition coefficient (Wildman–Crippen LogP) is 3.03. The first-order valence-electron chi connectivity index (χ1n) is 5.35. The highest BCUT2D eigenvalue weighted by molar-refractivity contribution is 6.30. The summed E-state index contributed by atoms with van der Waals surface area (Å²) in [6.07, 6.45) is 0. The Morgan fingerprint density at radius 2 is 2.07 bits per heavy atom. The van der Waals surface area contributed by atoms with Crippen molar-refractivity contribution >= 4 is 17.3 Å². The lowest BCUT2D eigenvalue weighted by Crippen LogP contribution is -2.31. The van der Waals surface area contributed by atoms with Gasteiger partial charge in [0.1, 0.15) is 0 Å². The van der Waals surface area contributed by atoms with Gasteiger partial charge in [0.05, 0.1) is 0 Å². The molecule has 0 atom stereocenters. The van der Waals surface area contributed by atoms with Crippen molar-refractivity contribution in [1.82, 2.24) is 0 Å². The molecule has 1 aromatic rings. The molecule has 0 aliphatic rings. The van der Waals surface area contributed by atoms with Crippen LogP contribution in [-0.4, -0.2) is 12.6 Å². The lowest BCUT2D eigenvalue weighted by molar-refractivity contribution is 0.699. The Morgan fingerprint density at radius 1 is 1.40 bits per heavy atom. The van der Waals surface area contributed by atoms with Gasteiger partial charge in [0.15, 0.2) is 0 Å². The molecule has 0 spiro atoms. The average Bonchev–Trinajstić information content (AvgIpc) is 2.20. The summed E-state index contributed by atoms with van der Waals surface area (Å²) < 4.78 is 0. The average molecular weight is 227 g/mol. The second-order valence-corrected chi connectivity index (χ2v) is 4.29. The van der Waals surface area contributed by atoms with E-state index in [2.05, 4.69) is 25.7 Å². The minimum atomic E-state index is 0.474. The molecule has 0 radical (unpaired) electrons. The molecule has 84 valence electrons. The Hall–Kier alpha value is -0.730. The van der Waals surface area contributed by atoms with Gasteiger partial charge in [-0.15, -0.1) is 0 Å². The zero-order chi connectivity index (χ0) is 11.4. The normalized spacial score (nSPS) is 10.8. The Bertz CT molecular complexity index is 323. The summed E-state index contributed by atoms with van der Waals surface area (Å²) in [6, 6.07) is 6.39. The smallest absolute Gasteiger partial charge is 0.0415 e. The Kier molecular flexibility index (Phi) is 4.43. The first-order chi connectivity index (χ1) is 7.10. The van der Waals surface area contributed by atoms with Crippen molar-refractivity contribution in [1.29, 1.82) is 0 Å². The molecule has 0 unspecified atom stereocenters. The van der Waals surface area contributed by atoms with Crippen LogP contribution < -0.4 is 10.6 Å². The van der Waals surface area contributed by atoms with Crippen molar-refractivity contribution in [2.75, 3.05) is 11.4 Å². The van der Waals surface area contributed by atoms with Gasteiger partial charge in [0.25, 0.3) is 0 Å². The molecule has 0 amide bonds. The van der Waals surface area contributed by atoms with E-state index in [1.54, 1.807) is 0 Å². The largest absolute Gasteiger partial charge is 0.369 e. The highest BCUT2D eigenvalue weighted by atomic mass is 35.5. The summed E-state index contributed by atoms with van der Waals surface area (Å²) >= 11 is 5.95. The van der Waals surface area contributed by atoms with Crippen LogP contribution >= 0.6 is 11.6 Å². The van der Waals surface area contributed by atoms with Crippen molar-refractivity contribution in [2.45, 2.75) is 33.4 Å². The third kappa shape index (κ3) is 2.86. The molecule has 0 heterocycles. The van der Waals surface area contributed by atoms with E-state index in [1.807, 2.05) is 18.2 Å². The van der Waals surface area contributed by atoms with E-state index in [4.69, 9.17) is 17.3 Å². The Labute approximate surface area is 97.0 Å². The molecule has 2 N–H and O–H groups in total. The van der Waals surface area contributed by atoms with Gasteiger partial charge in [-0.1, -0.05) is 11.6 Å². The van der Waals surface area contributed by atoms with E-state index in [0.717, 1.165) is 17.1 Å². The van der Waals surface area contributed by atoms with Gasteiger partial charge >= 0.3 is 0 Å². The minimum Gasteiger partial charge on any atom is -0.369 e. The number of benzene rings is 1. The van der Waals surface area contributed by atoms with Gasteiger partial charge in [0.2, 0.25) is 0 Å². The molecule has 0 aromatic heterocycles. The van der Waals surface area contributed by atoms with Crippen LogP contribution in [0.3, 0.4) is 0 Å². The lowest BCUT2D eigenvalue weighted by Gasteiger charge is -2.29. The van der Waals surface area contributed by atoms with Gasteiger partial charge < -0.3 is 10.6 Å². The summed E-state index contributed by atoms with van der Waals surface area (Å²) in [5, 5.41) is 0.749. The lowest BCUT2D eigenvalue weighted by atomic mass is 10.1. The maximum Gasteiger partial charge on any atom is 0.0415 e. The van der Waals surface area contributed by atoms with Crippen LogP contribution in [0.4, 0.5) is 5.69 Å². The van der Waals surface area contributed by atoms with E-state index >= 15 is 0 Å². The van der Waals surface area contributed by atoms with Crippen LogP contribution in [-0.2, 0) is 6.54 Å². The van der Waals surface area contributed by atoms with E-state index < -0.39 is 0 Å². The first kappa shape index (κ1) is 12.3. The van der Waals surface area contributed by atoms with Gasteiger partial charge in [-0.05, 0) is 44.5 Å². The second kappa shape index (κ2) is 5.38. The number of nitrogens with zero attached hydrogens (tertiary/aromatic N) is 1. The molecule has 1 rings (SSSR count). The first-order valence-corrected chi connectivity index (χ1v) is 5.73. The van der Waals surface area contributed by atoms with Crippen LogP contribution in [0.25, 0.3) is 0 Å². The topological polar surface area (TPSA) is 29.3 Å². The van der Waals surface area contributed by atoms with Crippen LogP contribution in [0.15, 0.2) is 18.2 Å². The number of hydrogen-bond acceptors (Lipinski definition) is 2. The maximum atomic E-state index is 5.95. The SMILES string of the molecule is CCN(c1ccc(Cl)cc1CN)C(C)C. The molecule has 0 aliphatic heterocycles. The molecular formula is C12H19ClN2. The van der Waals surface area contributed by atoms with Crippen molar-refractivity contribution in [3.8, 4) is 0 Å². The Balaban J connectivity index is 3.11. The van der Waals surface area contributed by atoms with Crippen LogP contribution in [0, 0.1) is 0 Å². The van der Waals surface area contributed by atoms with Gasteiger partial charge in [-0.25, -0.2) is 0 Å². The molecule has 2 nitrogen and oxygen atoms in total. The molecule has 0 saturated heterocycles. The minimum absolute atomic E-state index is 0.474. The van der Waals surface area contributed by atoms with Gasteiger partial charge in [-0.3, -0.25) is 0 Å². The molecule has 0 aliphatic carbocycles. The highest BCUT2D eigenvalue weighted by Gasteiger charge is 2.11. The highest BCUT2D eigenvalue weighted by Crippen LogP contribution is 2.25. The van der Waals surface area contributed by atoms with Crippen LogP contribution in [0.1, 0.15) is 26.3 Å². The number of nitrogens with two attached hydrogens (primary N) is 1. The standard InChI is InChI=1S/C12H19ClN2/c1-4-15(9(2)3)12-6-5-11(13)7-10(12)8-14/h5-7,9H,4,8,14H2,1-3H3. The van der Waals surface area contributed by atoms with Gasteiger partial charge in [0, 0.05) is 29.8 Å². The number of anilines is 1. The quantitative estimate of drug-likeness (QED) is 0.855. The fourth-order valence-corrected chi connectivity index (χ4v) is 2.01. The maximum absolute atomic E-state index is 5.95. The molecule has 1 aromatic carbocycles. The van der Waals surface area contributed by atoms with E-state index in [9.17, 15) is 0 Å². The predicted molar refractivity (Wildman–Crippen MR) is 67.5 cm³/mol. The van der Waals surface area contributed by atoms with Crippen molar-refractivity contribution in [3.05, 3.63) is 28.8 Å². The molecule has 0 bridgehead atoms. The second-order valence-electron chi connectivity index (χ2n) is 3.86. The summed E-state index contributed by atoms with van der Waals surface area (Å²) in [7, 11) is 0. The Morgan fingerprint density at radius 3 is 2.53 bits per heavy atom. The van der Waals surface area contributed by atoms with Crippen LogP contribution in [0.2, 0.25) is 5.02 Å². The van der Waals surface area contributed by atoms with E-state index in [0.29, 0.717) is 12.6 Å². The van der Waals surface area contributed by atoms with E-state index in [1.165, 1.54) is 5.69 Å². The third-order valence-corrected chi connectivity index (χ3v) is 2.77. The number of halogens is 1. The monoisotopic (exact) mass is 226 g/mol. The van der Waals surface area contributed by atoms with Crippen molar-refractivity contribution in [2.24, 2.45) is 5.73 Å². The number of rotatable bonds is 4. The third-order valence-electron chi connectivity index (χ3n) is 2.53. The summed E-state index contributed by atoms with van der Waals surface area (Å²) in [5.74, 6) is 0. The summed E-state index contributed by atoms with van der Waals surface area (Å²) in [5.41, 5.74) is 8.03. The summed E-state index contributed by atoms with van der Waals surface area (Å²) in [6.45, 7) is 8.01. The van der Waals surface area contributed by atoms with Crippen molar-refractivity contribution < 1.29 is 0 Å². The van der Waals surface area contributed by atoms with Crippen molar-refractivity contribution in [3.63, 3.8) is 0 Å². The fraction of sp³-hybridized carbons (Fsp3) is 0.500. The zero-order valence-electron chi connectivity index (χ0n) is 9.63. The zero-order valence-corrected chi connectivity index (χ0v) is 10.4. The summed E-state index contributed by atoms with van der Waals surface area (Å²) in [4.78, 5) is 2.32. The van der Waals surface area contributed by atoms with Gasteiger partial charge in [-0.2, -0.15) is 0 Å².